The van der Waals surface area contributed by atoms with Gasteiger partial charge in [0, 0.05) is 18.2 Å². The second-order valence-corrected chi connectivity index (χ2v) is 9.04. The monoisotopic (exact) mass is 462 g/mol. The highest BCUT2D eigenvalue weighted by molar-refractivity contribution is 5.33. The Kier molecular flexibility index (Phi) is 8.69. The van der Waals surface area contributed by atoms with E-state index in [9.17, 15) is 9.50 Å². The van der Waals surface area contributed by atoms with E-state index in [0.717, 1.165) is 55.8 Å². The zero-order valence-electron chi connectivity index (χ0n) is 19.9. The average Bonchev–Trinajstić information content (AvgIpc) is 2.88. The molecule has 0 saturated carbocycles. The van der Waals surface area contributed by atoms with Gasteiger partial charge in [0.05, 0.1) is 19.3 Å². The quantitative estimate of drug-likeness (QED) is 0.409. The summed E-state index contributed by atoms with van der Waals surface area (Å²) in [6.07, 6.45) is 3.21. The molecule has 4 nitrogen and oxygen atoms in total. The van der Waals surface area contributed by atoms with E-state index < -0.39 is 6.10 Å². The molecule has 3 atom stereocenters. The number of hydrogen-bond acceptors (Lipinski definition) is 4. The molecule has 1 aliphatic rings. The van der Waals surface area contributed by atoms with E-state index in [2.05, 4.69) is 46.6 Å². The Morgan fingerprint density at radius 2 is 1.76 bits per heavy atom. The van der Waals surface area contributed by atoms with Crippen molar-refractivity contribution in [3.05, 3.63) is 101 Å². The first kappa shape index (κ1) is 24.4. The van der Waals surface area contributed by atoms with Crippen molar-refractivity contribution in [1.82, 2.24) is 10.2 Å². The van der Waals surface area contributed by atoms with Crippen LogP contribution in [0.25, 0.3) is 0 Å². The van der Waals surface area contributed by atoms with Gasteiger partial charge < -0.3 is 15.2 Å². The number of aliphatic hydroxyl groups is 1. The minimum Gasteiger partial charge on any atom is -0.496 e. The van der Waals surface area contributed by atoms with Crippen molar-refractivity contribution >= 4 is 0 Å². The van der Waals surface area contributed by atoms with Crippen molar-refractivity contribution in [2.75, 3.05) is 20.2 Å². The van der Waals surface area contributed by atoms with Crippen molar-refractivity contribution in [3.63, 3.8) is 0 Å². The highest BCUT2D eigenvalue weighted by Crippen LogP contribution is 2.33. The lowest BCUT2D eigenvalue weighted by molar-refractivity contribution is 0.0979. The van der Waals surface area contributed by atoms with Gasteiger partial charge >= 0.3 is 0 Å². The zero-order valence-corrected chi connectivity index (χ0v) is 19.9. The lowest BCUT2D eigenvalue weighted by Crippen LogP contribution is -2.48. The number of benzene rings is 3. The van der Waals surface area contributed by atoms with Gasteiger partial charge in [-0.3, -0.25) is 4.90 Å². The number of likely N-dealkylation sites (tertiary alicyclic amines) is 1. The van der Waals surface area contributed by atoms with Gasteiger partial charge in [-0.15, -0.1) is 0 Å². The van der Waals surface area contributed by atoms with Gasteiger partial charge in [-0.2, -0.15) is 0 Å². The Morgan fingerprint density at radius 3 is 2.53 bits per heavy atom. The molecular formula is C29H35FN2O2. The van der Waals surface area contributed by atoms with Crippen LogP contribution in [0.2, 0.25) is 0 Å². The van der Waals surface area contributed by atoms with Gasteiger partial charge in [0.2, 0.25) is 0 Å². The molecule has 1 fully saturated rings. The van der Waals surface area contributed by atoms with Crippen molar-refractivity contribution in [2.45, 2.75) is 50.4 Å². The summed E-state index contributed by atoms with van der Waals surface area (Å²) >= 11 is 0. The van der Waals surface area contributed by atoms with Gasteiger partial charge in [0.1, 0.15) is 11.6 Å². The standard InChI is InChI=1S/C29H35FN2O2/c1-34-28-14-6-5-11-24(28)21-31-26-12-7-19-32(29(26)23-9-3-2-4-10-23)20-8-13-27(33)22-15-17-25(30)18-16-22/h2-6,9-11,14-18,26-27,29,31,33H,7-8,12-13,19-21H2,1H3/t26-,27?,29-/m0/s1. The molecule has 180 valence electrons. The van der Waals surface area contributed by atoms with E-state index in [1.165, 1.54) is 17.7 Å². The normalized spacial score (nSPS) is 19.6. The summed E-state index contributed by atoms with van der Waals surface area (Å²) < 4.78 is 18.7. The Hall–Kier alpha value is -2.73. The van der Waals surface area contributed by atoms with Gasteiger partial charge in [-0.25, -0.2) is 4.39 Å². The maximum Gasteiger partial charge on any atom is 0.123 e. The summed E-state index contributed by atoms with van der Waals surface area (Å²) in [6.45, 7) is 2.71. The van der Waals surface area contributed by atoms with E-state index in [1.807, 2.05) is 18.2 Å². The van der Waals surface area contributed by atoms with Crippen LogP contribution in [0.15, 0.2) is 78.9 Å². The van der Waals surface area contributed by atoms with Crippen LogP contribution in [0.1, 0.15) is 54.5 Å². The summed E-state index contributed by atoms with van der Waals surface area (Å²) in [5, 5.41) is 14.4. The fourth-order valence-corrected chi connectivity index (χ4v) is 5.05. The summed E-state index contributed by atoms with van der Waals surface area (Å²) in [5.41, 5.74) is 3.26. The van der Waals surface area contributed by atoms with Crippen LogP contribution >= 0.6 is 0 Å². The predicted molar refractivity (Wildman–Crippen MR) is 134 cm³/mol. The molecule has 4 rings (SSSR count). The smallest absolute Gasteiger partial charge is 0.123 e. The SMILES string of the molecule is COc1ccccc1CN[C@H]1CCCN(CCCC(O)c2ccc(F)cc2)[C@H]1c1ccccc1. The molecule has 0 bridgehead atoms. The first-order valence-corrected chi connectivity index (χ1v) is 12.2. The van der Waals surface area contributed by atoms with Gasteiger partial charge in [0.15, 0.2) is 0 Å². The number of rotatable bonds is 10. The molecule has 1 saturated heterocycles. The second-order valence-electron chi connectivity index (χ2n) is 9.04. The first-order valence-electron chi connectivity index (χ1n) is 12.2. The third kappa shape index (κ3) is 6.23. The Bertz CT molecular complexity index is 1010. The average molecular weight is 463 g/mol. The predicted octanol–water partition coefficient (Wildman–Crippen LogP) is 5.64. The summed E-state index contributed by atoms with van der Waals surface area (Å²) in [6, 6.07) is 25.6. The number of para-hydroxylation sites is 1. The molecule has 2 N–H and O–H groups in total. The highest BCUT2D eigenvalue weighted by Gasteiger charge is 2.32. The number of methoxy groups -OCH3 is 1. The van der Waals surface area contributed by atoms with Crippen LogP contribution in [0.5, 0.6) is 5.75 Å². The minimum atomic E-state index is -0.569. The number of nitrogens with zero attached hydrogens (tertiary/aromatic N) is 1. The number of nitrogens with one attached hydrogen (secondary N) is 1. The van der Waals surface area contributed by atoms with Crippen LogP contribution in [-0.2, 0) is 6.54 Å². The fraction of sp³-hybridized carbons (Fsp3) is 0.379. The lowest BCUT2D eigenvalue weighted by Gasteiger charge is -2.42. The second kappa shape index (κ2) is 12.1. The molecular weight excluding hydrogens is 427 g/mol. The van der Waals surface area contributed by atoms with E-state index in [4.69, 9.17) is 4.74 Å². The highest BCUT2D eigenvalue weighted by atomic mass is 19.1. The van der Waals surface area contributed by atoms with Crippen molar-refractivity contribution in [3.8, 4) is 5.75 Å². The van der Waals surface area contributed by atoms with Gasteiger partial charge in [0.25, 0.3) is 0 Å². The number of halogens is 1. The molecule has 3 aromatic carbocycles. The maximum atomic E-state index is 13.2. The summed E-state index contributed by atoms with van der Waals surface area (Å²) in [5.74, 6) is 0.635. The topological polar surface area (TPSA) is 44.7 Å². The Labute approximate surface area is 202 Å². The van der Waals surface area contributed by atoms with E-state index in [1.54, 1.807) is 19.2 Å². The third-order valence-electron chi connectivity index (χ3n) is 6.80. The molecule has 34 heavy (non-hydrogen) atoms. The molecule has 3 aromatic rings. The van der Waals surface area contributed by atoms with Crippen LogP contribution in [0, 0.1) is 5.82 Å². The Balaban J connectivity index is 1.42. The fourth-order valence-electron chi connectivity index (χ4n) is 5.05. The number of ether oxygens (including phenoxy) is 1. The molecule has 1 unspecified atom stereocenters. The minimum absolute atomic E-state index is 0.271. The molecule has 1 aliphatic heterocycles. The van der Waals surface area contributed by atoms with Crippen LogP contribution in [0.4, 0.5) is 4.39 Å². The van der Waals surface area contributed by atoms with Crippen LogP contribution in [-0.4, -0.2) is 36.2 Å². The third-order valence-corrected chi connectivity index (χ3v) is 6.80. The summed E-state index contributed by atoms with van der Waals surface area (Å²) in [7, 11) is 1.72. The molecule has 0 aliphatic carbocycles. The largest absolute Gasteiger partial charge is 0.496 e. The molecule has 0 amide bonds. The number of aliphatic hydroxyl groups excluding tert-OH is 1. The van der Waals surface area contributed by atoms with Gasteiger partial charge in [-0.05, 0) is 68.1 Å². The Morgan fingerprint density at radius 1 is 1.03 bits per heavy atom. The van der Waals surface area contributed by atoms with Crippen molar-refractivity contribution < 1.29 is 14.2 Å². The molecule has 1 heterocycles. The molecule has 0 radical (unpaired) electrons. The number of hydrogen-bond donors (Lipinski definition) is 2. The molecule has 0 aromatic heterocycles. The van der Waals surface area contributed by atoms with E-state index >= 15 is 0 Å². The van der Waals surface area contributed by atoms with Crippen molar-refractivity contribution in [1.29, 1.82) is 0 Å². The lowest BCUT2D eigenvalue weighted by atomic mass is 9.89. The molecule has 5 heteroatoms. The van der Waals surface area contributed by atoms with Gasteiger partial charge in [-0.1, -0.05) is 60.7 Å². The molecule has 0 spiro atoms. The number of piperidine rings is 1. The first-order chi connectivity index (χ1) is 16.7. The van der Waals surface area contributed by atoms with Crippen LogP contribution < -0.4 is 10.1 Å². The zero-order chi connectivity index (χ0) is 23.8. The maximum absolute atomic E-state index is 13.2. The van der Waals surface area contributed by atoms with Crippen LogP contribution in [0.3, 0.4) is 0 Å². The van der Waals surface area contributed by atoms with Crippen molar-refractivity contribution in [2.24, 2.45) is 0 Å². The summed E-state index contributed by atoms with van der Waals surface area (Å²) in [4.78, 5) is 2.55. The van der Waals surface area contributed by atoms with E-state index in [0.29, 0.717) is 12.5 Å². The van der Waals surface area contributed by atoms with E-state index in [-0.39, 0.29) is 11.9 Å².